The fourth-order valence-electron chi connectivity index (χ4n) is 4.33. The molecule has 2 heterocycles. The predicted molar refractivity (Wildman–Crippen MR) is 110 cm³/mol. The van der Waals surface area contributed by atoms with Gasteiger partial charge in [0.1, 0.15) is 11.3 Å². The molecule has 2 aromatic rings. The first-order valence-electron chi connectivity index (χ1n) is 9.68. The Morgan fingerprint density at radius 1 is 1.28 bits per heavy atom. The number of aliphatic hydroxyl groups is 1. The van der Waals surface area contributed by atoms with Gasteiger partial charge in [-0.2, -0.15) is 0 Å². The van der Waals surface area contributed by atoms with E-state index in [0.29, 0.717) is 23.5 Å². The summed E-state index contributed by atoms with van der Waals surface area (Å²) in [4.78, 5) is 26.4. The third-order valence-corrected chi connectivity index (χ3v) is 5.89. The number of anilines is 2. The minimum atomic E-state index is -1.21. The lowest BCUT2D eigenvalue weighted by atomic mass is 9.79. The van der Waals surface area contributed by atoms with Crippen molar-refractivity contribution in [2.45, 2.75) is 38.0 Å². The zero-order valence-electron chi connectivity index (χ0n) is 16.7. The maximum Gasteiger partial charge on any atom is 0.250 e. The highest BCUT2D eigenvalue weighted by molar-refractivity contribution is 6.10. The molecule has 0 aromatic heterocycles. The first kappa shape index (κ1) is 19.4. The van der Waals surface area contributed by atoms with Crippen LogP contribution in [0.3, 0.4) is 0 Å². The highest BCUT2D eigenvalue weighted by Gasteiger charge is 2.60. The van der Waals surface area contributed by atoms with Crippen molar-refractivity contribution in [2.75, 3.05) is 17.7 Å². The standard InChI is InChI=1S/C22H25N3O4/c1-12-4-9-18-16(10-12)22(21(28)24-18)17(11-19(25-22)13(2)26)20(27)23-14-5-7-15(29-3)8-6-14/h4-10,13,17,19,25-26H,11H2,1-3H3,(H,23,27)(H,24,28)/t13-,17+,19+,22-/m0/s1. The summed E-state index contributed by atoms with van der Waals surface area (Å²) in [5.41, 5.74) is 1.85. The van der Waals surface area contributed by atoms with Crippen LogP contribution in [-0.2, 0) is 15.1 Å². The van der Waals surface area contributed by atoms with Crippen LogP contribution in [0.5, 0.6) is 5.75 Å². The Labute approximate surface area is 169 Å². The van der Waals surface area contributed by atoms with Crippen LogP contribution in [0, 0.1) is 12.8 Å². The number of carbonyl (C=O) groups is 2. The molecule has 152 valence electrons. The Bertz CT molecular complexity index is 957. The number of methoxy groups -OCH3 is 1. The number of ether oxygens (including phenoxy) is 1. The first-order chi connectivity index (χ1) is 13.8. The van der Waals surface area contributed by atoms with Crippen molar-refractivity contribution >= 4 is 23.2 Å². The van der Waals surface area contributed by atoms with E-state index in [2.05, 4.69) is 16.0 Å². The van der Waals surface area contributed by atoms with E-state index in [0.717, 1.165) is 11.1 Å². The van der Waals surface area contributed by atoms with E-state index in [1.807, 2.05) is 25.1 Å². The molecule has 0 aliphatic carbocycles. The quantitative estimate of drug-likeness (QED) is 0.636. The molecule has 2 aliphatic rings. The number of aryl methyl sites for hydroxylation is 1. The molecule has 7 heteroatoms. The van der Waals surface area contributed by atoms with E-state index < -0.39 is 17.6 Å². The minimum absolute atomic E-state index is 0.267. The second kappa shape index (κ2) is 7.17. The van der Waals surface area contributed by atoms with Crippen LogP contribution in [-0.4, -0.2) is 36.2 Å². The number of nitrogens with one attached hydrogen (secondary N) is 3. The number of benzene rings is 2. The van der Waals surface area contributed by atoms with Crippen molar-refractivity contribution in [2.24, 2.45) is 5.92 Å². The van der Waals surface area contributed by atoms with Crippen molar-refractivity contribution in [3.05, 3.63) is 53.6 Å². The summed E-state index contributed by atoms with van der Waals surface area (Å²) in [5, 5.41) is 19.3. The van der Waals surface area contributed by atoms with Crippen LogP contribution in [0.1, 0.15) is 24.5 Å². The van der Waals surface area contributed by atoms with Crippen LogP contribution < -0.4 is 20.7 Å². The van der Waals surface area contributed by atoms with Gasteiger partial charge >= 0.3 is 0 Å². The van der Waals surface area contributed by atoms with Crippen LogP contribution in [0.2, 0.25) is 0 Å². The van der Waals surface area contributed by atoms with E-state index in [1.54, 1.807) is 38.3 Å². The monoisotopic (exact) mass is 395 g/mol. The molecule has 0 radical (unpaired) electrons. The van der Waals surface area contributed by atoms with Gasteiger partial charge in [0.2, 0.25) is 11.8 Å². The van der Waals surface area contributed by atoms with Crippen molar-refractivity contribution in [1.29, 1.82) is 0 Å². The minimum Gasteiger partial charge on any atom is -0.497 e. The zero-order chi connectivity index (χ0) is 20.8. The largest absolute Gasteiger partial charge is 0.497 e. The maximum absolute atomic E-state index is 13.3. The Morgan fingerprint density at radius 2 is 2.00 bits per heavy atom. The van der Waals surface area contributed by atoms with E-state index >= 15 is 0 Å². The van der Waals surface area contributed by atoms with Gasteiger partial charge in [-0.25, -0.2) is 0 Å². The zero-order valence-corrected chi connectivity index (χ0v) is 16.7. The number of hydrogen-bond acceptors (Lipinski definition) is 5. The molecule has 0 unspecified atom stereocenters. The van der Waals surface area contributed by atoms with Crippen molar-refractivity contribution < 1.29 is 19.4 Å². The summed E-state index contributed by atoms with van der Waals surface area (Å²) in [6.07, 6.45) is -0.354. The first-order valence-corrected chi connectivity index (χ1v) is 9.68. The Kier molecular flexibility index (Phi) is 4.80. The molecule has 4 atom stereocenters. The fraction of sp³-hybridized carbons (Fsp3) is 0.364. The molecular formula is C22H25N3O4. The summed E-state index contributed by atoms with van der Waals surface area (Å²) in [7, 11) is 1.58. The lowest BCUT2D eigenvalue weighted by Crippen LogP contribution is -2.53. The van der Waals surface area contributed by atoms with Crippen molar-refractivity contribution in [1.82, 2.24) is 5.32 Å². The summed E-state index contributed by atoms with van der Waals surface area (Å²) in [6.45, 7) is 3.61. The van der Waals surface area contributed by atoms with Gasteiger partial charge < -0.3 is 20.5 Å². The smallest absolute Gasteiger partial charge is 0.250 e. The van der Waals surface area contributed by atoms with Crippen LogP contribution in [0.15, 0.2) is 42.5 Å². The van der Waals surface area contributed by atoms with Gasteiger partial charge in [-0.3, -0.25) is 14.9 Å². The molecule has 2 aromatic carbocycles. The Morgan fingerprint density at radius 3 is 2.66 bits per heavy atom. The SMILES string of the molecule is COc1ccc(NC(=O)[C@H]2C[C@H]([C@H](C)O)N[C@]23C(=O)Nc2ccc(C)cc23)cc1. The summed E-state index contributed by atoms with van der Waals surface area (Å²) in [6, 6.07) is 12.4. The van der Waals surface area contributed by atoms with Crippen molar-refractivity contribution in [3.63, 3.8) is 0 Å². The predicted octanol–water partition coefficient (Wildman–Crippen LogP) is 2.15. The summed E-state index contributed by atoms with van der Waals surface area (Å²) < 4.78 is 5.15. The van der Waals surface area contributed by atoms with Gasteiger partial charge in [-0.1, -0.05) is 17.7 Å². The molecule has 1 saturated heterocycles. The number of rotatable bonds is 4. The van der Waals surface area contributed by atoms with Crippen LogP contribution >= 0.6 is 0 Å². The molecule has 0 bridgehead atoms. The molecular weight excluding hydrogens is 370 g/mol. The summed E-state index contributed by atoms with van der Waals surface area (Å²) >= 11 is 0. The number of carbonyl (C=O) groups excluding carboxylic acids is 2. The van der Waals surface area contributed by atoms with Gasteiger partial charge in [0.25, 0.3) is 0 Å². The lowest BCUT2D eigenvalue weighted by Gasteiger charge is -2.29. The Balaban J connectivity index is 1.71. The molecule has 1 spiro atoms. The number of amides is 2. The highest BCUT2D eigenvalue weighted by atomic mass is 16.5. The molecule has 2 aliphatic heterocycles. The maximum atomic E-state index is 13.3. The van der Waals surface area contributed by atoms with Gasteiger partial charge in [-0.15, -0.1) is 0 Å². The molecule has 29 heavy (non-hydrogen) atoms. The molecule has 4 rings (SSSR count). The van der Waals surface area contributed by atoms with E-state index in [-0.39, 0.29) is 17.9 Å². The second-order valence-electron chi connectivity index (χ2n) is 7.81. The average molecular weight is 395 g/mol. The van der Waals surface area contributed by atoms with Crippen LogP contribution in [0.4, 0.5) is 11.4 Å². The molecule has 4 N–H and O–H groups in total. The van der Waals surface area contributed by atoms with Gasteiger partial charge in [-0.05, 0) is 50.6 Å². The van der Waals surface area contributed by atoms with E-state index in [1.165, 1.54) is 0 Å². The topological polar surface area (TPSA) is 99.7 Å². The van der Waals surface area contributed by atoms with Crippen LogP contribution in [0.25, 0.3) is 0 Å². The number of hydrogen-bond donors (Lipinski definition) is 4. The normalized spacial score (nSPS) is 26.1. The molecule has 7 nitrogen and oxygen atoms in total. The fourth-order valence-corrected chi connectivity index (χ4v) is 4.33. The average Bonchev–Trinajstić information content (AvgIpc) is 3.23. The third-order valence-electron chi connectivity index (χ3n) is 5.89. The number of fused-ring (bicyclic) bond motifs is 2. The van der Waals surface area contributed by atoms with E-state index in [4.69, 9.17) is 4.74 Å². The molecule has 0 saturated carbocycles. The van der Waals surface area contributed by atoms with Crippen molar-refractivity contribution in [3.8, 4) is 5.75 Å². The third kappa shape index (κ3) is 3.16. The number of aliphatic hydroxyl groups excluding tert-OH is 1. The Hall–Kier alpha value is -2.90. The lowest BCUT2D eigenvalue weighted by molar-refractivity contribution is -0.130. The molecule has 2 amide bonds. The van der Waals surface area contributed by atoms with Gasteiger partial charge in [0.15, 0.2) is 0 Å². The van der Waals surface area contributed by atoms with Gasteiger partial charge in [0, 0.05) is 23.0 Å². The van der Waals surface area contributed by atoms with Gasteiger partial charge in [0.05, 0.1) is 19.1 Å². The highest BCUT2D eigenvalue weighted by Crippen LogP contribution is 2.48. The van der Waals surface area contributed by atoms with E-state index in [9.17, 15) is 14.7 Å². The summed E-state index contributed by atoms with van der Waals surface area (Å²) in [5.74, 6) is -0.519. The molecule has 1 fully saturated rings. The second-order valence-corrected chi connectivity index (χ2v) is 7.81.